The first kappa shape index (κ1) is 27.8. The highest BCUT2D eigenvalue weighted by molar-refractivity contribution is 9.10. The minimum absolute atomic E-state index is 0.0148. The Morgan fingerprint density at radius 2 is 1.98 bits per heavy atom. The van der Waals surface area contributed by atoms with E-state index in [9.17, 15) is 4.79 Å². The van der Waals surface area contributed by atoms with Crippen molar-refractivity contribution in [1.82, 2.24) is 19.5 Å². The Hall–Kier alpha value is -3.34. The maximum absolute atomic E-state index is 12.4. The van der Waals surface area contributed by atoms with E-state index in [1.165, 1.54) is 11.9 Å². The minimum Gasteiger partial charge on any atom is -0.383 e. The van der Waals surface area contributed by atoms with Gasteiger partial charge in [-0.3, -0.25) is 9.69 Å². The number of carbonyl (C=O) groups excluding carboxylic acids is 1. The van der Waals surface area contributed by atoms with Gasteiger partial charge in [0.2, 0.25) is 5.91 Å². The Morgan fingerprint density at radius 1 is 1.20 bits per heavy atom. The zero-order chi connectivity index (χ0) is 29.1. The Kier molecular flexibility index (Phi) is 7.12. The average molecular weight is 620 g/mol. The first-order chi connectivity index (χ1) is 19.5. The third-order valence-corrected chi connectivity index (χ3v) is 8.72. The van der Waals surface area contributed by atoms with E-state index in [-0.39, 0.29) is 24.2 Å². The fraction of sp³-hybridized carbons (Fsp3) is 0.419. The maximum Gasteiger partial charge on any atom is 0.225 e. The second kappa shape index (κ2) is 10.5. The van der Waals surface area contributed by atoms with Crippen LogP contribution in [0, 0.1) is 5.92 Å². The number of aryl methyl sites for hydroxylation is 1. The lowest BCUT2D eigenvalue weighted by Gasteiger charge is -2.24. The highest BCUT2D eigenvalue weighted by Crippen LogP contribution is 2.49. The lowest BCUT2D eigenvalue weighted by molar-refractivity contribution is -0.160. The van der Waals surface area contributed by atoms with E-state index >= 15 is 0 Å². The minimum atomic E-state index is -0.647. The standard InChI is InChI=1S/C31H35BrN6O3/c1-17(2)15-38(18(3)39)30-23(32)13-20-8-6-19(12-24(20)36-30)7-9-21-14-25(27-26(21)40-31(4,5)41-27)37-11-10-22-28(33)34-16-35-29(22)37/h6,8,10-13,16,21,25-27H,1,7,9,14-15H2,2-5H3,(H2,33,34,35)/t21-,25+,26+,27-/m0/s1. The number of pyridine rings is 1. The van der Waals surface area contributed by atoms with Gasteiger partial charge in [0.25, 0.3) is 0 Å². The molecule has 3 aromatic heterocycles. The van der Waals surface area contributed by atoms with Crippen molar-refractivity contribution in [3.8, 4) is 0 Å². The van der Waals surface area contributed by atoms with Crippen LogP contribution in [0.3, 0.4) is 0 Å². The molecule has 2 fully saturated rings. The van der Waals surface area contributed by atoms with Gasteiger partial charge in [-0.05, 0) is 85.6 Å². The van der Waals surface area contributed by atoms with Gasteiger partial charge in [-0.25, -0.2) is 15.0 Å². The number of rotatable bonds is 7. The van der Waals surface area contributed by atoms with Crippen LogP contribution in [0.4, 0.5) is 11.6 Å². The SMILES string of the molecule is C=C(C)CN(C(C)=O)c1nc2cc(CC[C@H]3C[C@@H](n4ccc5c(N)ncnc54)[C@@H]4OC(C)(C)O[C@H]34)ccc2cc1Br. The van der Waals surface area contributed by atoms with Crippen LogP contribution >= 0.6 is 15.9 Å². The summed E-state index contributed by atoms with van der Waals surface area (Å²) in [5, 5.41) is 1.87. The Bertz CT molecular complexity index is 1670. The molecule has 6 rings (SSSR count). The van der Waals surface area contributed by atoms with Crippen molar-refractivity contribution in [3.05, 3.63) is 65.0 Å². The topological polar surface area (TPSA) is 108 Å². The van der Waals surface area contributed by atoms with Crippen molar-refractivity contribution in [2.24, 2.45) is 5.92 Å². The van der Waals surface area contributed by atoms with Crippen molar-refractivity contribution in [3.63, 3.8) is 0 Å². The highest BCUT2D eigenvalue weighted by atomic mass is 79.9. The summed E-state index contributed by atoms with van der Waals surface area (Å²) >= 11 is 3.62. The van der Waals surface area contributed by atoms with Gasteiger partial charge in [-0.2, -0.15) is 0 Å². The number of aromatic nitrogens is 4. The third-order valence-electron chi connectivity index (χ3n) is 8.13. The summed E-state index contributed by atoms with van der Waals surface area (Å²) in [6.07, 6.45) is 6.19. The third kappa shape index (κ3) is 5.24. The van der Waals surface area contributed by atoms with Gasteiger partial charge in [0.05, 0.1) is 27.5 Å². The van der Waals surface area contributed by atoms with Crippen LogP contribution in [0.25, 0.3) is 21.9 Å². The monoisotopic (exact) mass is 618 g/mol. The Morgan fingerprint density at radius 3 is 2.73 bits per heavy atom. The number of fused-ring (bicyclic) bond motifs is 3. The summed E-state index contributed by atoms with van der Waals surface area (Å²) in [5.74, 6) is 0.667. The molecule has 0 unspecified atom stereocenters. The molecule has 1 saturated heterocycles. The molecule has 9 nitrogen and oxygen atoms in total. The number of nitrogens with zero attached hydrogens (tertiary/aromatic N) is 5. The number of carbonyl (C=O) groups is 1. The lowest BCUT2D eigenvalue weighted by Crippen LogP contribution is -2.31. The molecule has 1 saturated carbocycles. The van der Waals surface area contributed by atoms with Gasteiger partial charge in [-0.15, -0.1) is 0 Å². The normalized spacial score (nSPS) is 23.2. The number of ether oxygens (including phenoxy) is 2. The van der Waals surface area contributed by atoms with E-state index in [4.69, 9.17) is 20.2 Å². The van der Waals surface area contributed by atoms with E-state index in [0.717, 1.165) is 51.2 Å². The second-order valence-corrected chi connectivity index (χ2v) is 12.6. The van der Waals surface area contributed by atoms with Crippen LogP contribution in [-0.2, 0) is 20.7 Å². The number of benzene rings is 1. The predicted octanol–water partition coefficient (Wildman–Crippen LogP) is 5.97. The van der Waals surface area contributed by atoms with E-state index in [2.05, 4.69) is 55.2 Å². The van der Waals surface area contributed by atoms with Gasteiger partial charge in [0, 0.05) is 25.1 Å². The fourth-order valence-electron chi connectivity index (χ4n) is 6.35. The second-order valence-electron chi connectivity index (χ2n) is 11.8. The summed E-state index contributed by atoms with van der Waals surface area (Å²) in [6.45, 7) is 11.8. The molecule has 41 heavy (non-hydrogen) atoms. The molecule has 0 bridgehead atoms. The van der Waals surface area contributed by atoms with E-state index < -0.39 is 5.79 Å². The average Bonchev–Trinajstić information content (AvgIpc) is 3.57. The number of nitrogens with two attached hydrogens (primary N) is 1. The largest absolute Gasteiger partial charge is 0.383 e. The fourth-order valence-corrected chi connectivity index (χ4v) is 6.90. The first-order valence-electron chi connectivity index (χ1n) is 13.9. The molecule has 2 aliphatic rings. The molecule has 214 valence electrons. The van der Waals surface area contributed by atoms with E-state index in [0.29, 0.717) is 24.1 Å². The molecule has 1 aliphatic carbocycles. The van der Waals surface area contributed by atoms with Gasteiger partial charge in [0.1, 0.15) is 23.9 Å². The van der Waals surface area contributed by atoms with Crippen LogP contribution in [0.2, 0.25) is 0 Å². The van der Waals surface area contributed by atoms with E-state index in [1.807, 2.05) is 39.1 Å². The number of nitrogen functional groups attached to an aromatic ring is 1. The smallest absolute Gasteiger partial charge is 0.225 e. The van der Waals surface area contributed by atoms with Crippen molar-refractivity contribution >= 4 is 55.4 Å². The van der Waals surface area contributed by atoms with Gasteiger partial charge in [0.15, 0.2) is 11.6 Å². The van der Waals surface area contributed by atoms with Crippen LogP contribution in [0.1, 0.15) is 52.1 Å². The molecular weight excluding hydrogens is 584 g/mol. The molecule has 1 amide bonds. The summed E-state index contributed by atoms with van der Waals surface area (Å²) in [6, 6.07) is 10.5. The van der Waals surface area contributed by atoms with Gasteiger partial charge < -0.3 is 19.8 Å². The van der Waals surface area contributed by atoms with Gasteiger partial charge in [-0.1, -0.05) is 24.3 Å². The Balaban J connectivity index is 1.25. The highest BCUT2D eigenvalue weighted by Gasteiger charge is 2.54. The molecule has 10 heteroatoms. The number of hydrogen-bond acceptors (Lipinski definition) is 7. The predicted molar refractivity (Wildman–Crippen MR) is 164 cm³/mol. The van der Waals surface area contributed by atoms with Crippen LogP contribution in [0.15, 0.2) is 59.5 Å². The van der Waals surface area contributed by atoms with Crippen LogP contribution < -0.4 is 10.6 Å². The molecule has 0 radical (unpaired) electrons. The Labute approximate surface area is 247 Å². The molecule has 4 aromatic rings. The molecule has 4 heterocycles. The first-order valence-corrected chi connectivity index (χ1v) is 14.7. The quantitative estimate of drug-likeness (QED) is 0.254. The lowest BCUT2D eigenvalue weighted by atomic mass is 9.95. The molecular formula is C31H35BrN6O3. The number of amides is 1. The number of hydrogen-bond donors (Lipinski definition) is 1. The zero-order valence-electron chi connectivity index (χ0n) is 23.8. The zero-order valence-corrected chi connectivity index (χ0v) is 25.4. The summed E-state index contributed by atoms with van der Waals surface area (Å²) < 4.78 is 15.9. The molecule has 1 aliphatic heterocycles. The molecule has 0 spiro atoms. The van der Waals surface area contributed by atoms with E-state index in [1.54, 1.807) is 11.8 Å². The molecule has 4 atom stereocenters. The van der Waals surface area contributed by atoms with Crippen LogP contribution in [0.5, 0.6) is 0 Å². The number of halogens is 1. The summed E-state index contributed by atoms with van der Waals surface area (Å²) in [7, 11) is 0. The number of anilines is 2. The van der Waals surface area contributed by atoms with Crippen molar-refractivity contribution < 1.29 is 14.3 Å². The van der Waals surface area contributed by atoms with Gasteiger partial charge >= 0.3 is 0 Å². The van der Waals surface area contributed by atoms with Crippen molar-refractivity contribution in [1.29, 1.82) is 0 Å². The molecule has 2 N–H and O–H groups in total. The maximum atomic E-state index is 12.4. The summed E-state index contributed by atoms with van der Waals surface area (Å²) in [5.41, 5.74) is 9.88. The summed E-state index contributed by atoms with van der Waals surface area (Å²) in [4.78, 5) is 27.6. The van der Waals surface area contributed by atoms with Crippen LogP contribution in [-0.4, -0.2) is 50.0 Å². The molecule has 1 aromatic carbocycles. The van der Waals surface area contributed by atoms with Crippen molar-refractivity contribution in [2.75, 3.05) is 17.2 Å². The van der Waals surface area contributed by atoms with Crippen molar-refractivity contribution in [2.45, 2.75) is 71.0 Å².